The van der Waals surface area contributed by atoms with Crippen LogP contribution in [-0.4, -0.2) is 5.91 Å². The van der Waals surface area contributed by atoms with Crippen LogP contribution in [-0.2, 0) is 0 Å². The van der Waals surface area contributed by atoms with Gasteiger partial charge in [-0.1, -0.05) is 12.1 Å². The summed E-state index contributed by atoms with van der Waals surface area (Å²) in [6.07, 6.45) is 0. The predicted molar refractivity (Wildman–Crippen MR) is 82.7 cm³/mol. The Morgan fingerprint density at radius 2 is 1.85 bits per heavy atom. The second-order valence-corrected chi connectivity index (χ2v) is 5.64. The van der Waals surface area contributed by atoms with Crippen molar-refractivity contribution in [2.24, 2.45) is 0 Å². The van der Waals surface area contributed by atoms with Gasteiger partial charge in [0.1, 0.15) is 5.82 Å². The van der Waals surface area contributed by atoms with Gasteiger partial charge < -0.3 is 5.32 Å². The largest absolute Gasteiger partial charge is 0.322 e. The first-order valence-electron chi connectivity index (χ1n) is 6.23. The van der Waals surface area contributed by atoms with Gasteiger partial charge in [-0.3, -0.25) is 4.79 Å². The molecule has 1 amide bonds. The Labute approximate surface area is 126 Å². The van der Waals surface area contributed by atoms with Crippen molar-refractivity contribution in [1.29, 1.82) is 0 Å². The molecule has 0 spiro atoms. The van der Waals surface area contributed by atoms with E-state index >= 15 is 0 Å². The van der Waals surface area contributed by atoms with E-state index in [-0.39, 0.29) is 5.91 Å². The number of anilines is 1. The molecular weight excluding hydrogens is 321 g/mol. The van der Waals surface area contributed by atoms with Gasteiger partial charge >= 0.3 is 0 Å². The molecule has 0 saturated heterocycles. The Bertz CT molecular complexity index is 682. The Balaban J connectivity index is 2.33. The first-order chi connectivity index (χ1) is 9.40. The third-order valence-electron chi connectivity index (χ3n) is 3.36. The quantitative estimate of drug-likeness (QED) is 0.841. The Morgan fingerprint density at radius 3 is 2.55 bits per heavy atom. The first kappa shape index (κ1) is 14.7. The molecule has 0 bridgehead atoms. The van der Waals surface area contributed by atoms with E-state index in [4.69, 9.17) is 0 Å². The van der Waals surface area contributed by atoms with Crippen LogP contribution < -0.4 is 5.32 Å². The summed E-state index contributed by atoms with van der Waals surface area (Å²) in [5.41, 5.74) is 3.87. The third-order valence-corrected chi connectivity index (χ3v) is 3.97. The summed E-state index contributed by atoms with van der Waals surface area (Å²) in [5, 5.41) is 2.76. The molecule has 0 aliphatic carbocycles. The highest BCUT2D eigenvalue weighted by molar-refractivity contribution is 9.10. The number of halogens is 2. The van der Waals surface area contributed by atoms with Crippen molar-refractivity contribution in [2.75, 3.05) is 5.32 Å². The van der Waals surface area contributed by atoms with Gasteiger partial charge in [0, 0.05) is 11.3 Å². The molecule has 2 aromatic carbocycles. The van der Waals surface area contributed by atoms with Crippen molar-refractivity contribution in [1.82, 2.24) is 0 Å². The van der Waals surface area contributed by atoms with Crippen LogP contribution in [0.5, 0.6) is 0 Å². The molecular formula is C16H15BrFNO. The molecule has 0 aliphatic rings. The normalized spacial score (nSPS) is 10.4. The summed E-state index contributed by atoms with van der Waals surface area (Å²) < 4.78 is 13.9. The van der Waals surface area contributed by atoms with Gasteiger partial charge in [-0.15, -0.1) is 0 Å². The smallest absolute Gasteiger partial charge is 0.255 e. The van der Waals surface area contributed by atoms with E-state index < -0.39 is 5.82 Å². The number of hydrogen-bond donors (Lipinski definition) is 1. The molecule has 0 unspecified atom stereocenters. The zero-order valence-corrected chi connectivity index (χ0v) is 13.1. The highest BCUT2D eigenvalue weighted by atomic mass is 79.9. The van der Waals surface area contributed by atoms with E-state index in [1.165, 1.54) is 6.07 Å². The van der Waals surface area contributed by atoms with Gasteiger partial charge in [-0.2, -0.15) is 0 Å². The van der Waals surface area contributed by atoms with Gasteiger partial charge in [-0.05, 0) is 71.6 Å². The topological polar surface area (TPSA) is 29.1 Å². The third kappa shape index (κ3) is 2.90. The second kappa shape index (κ2) is 5.75. The molecule has 2 rings (SSSR count). The zero-order chi connectivity index (χ0) is 14.9. The number of carbonyl (C=O) groups is 1. The minimum absolute atomic E-state index is 0.226. The van der Waals surface area contributed by atoms with Gasteiger partial charge in [0.2, 0.25) is 0 Å². The molecule has 0 radical (unpaired) electrons. The molecule has 0 atom stereocenters. The maximum absolute atomic E-state index is 13.6. The van der Waals surface area contributed by atoms with Crippen molar-refractivity contribution < 1.29 is 9.18 Å². The van der Waals surface area contributed by atoms with Crippen LogP contribution in [0.1, 0.15) is 27.0 Å². The zero-order valence-electron chi connectivity index (χ0n) is 11.6. The fraction of sp³-hybridized carbons (Fsp3) is 0.188. The lowest BCUT2D eigenvalue weighted by molar-refractivity contribution is 0.102. The van der Waals surface area contributed by atoms with Crippen molar-refractivity contribution in [2.45, 2.75) is 20.8 Å². The minimum Gasteiger partial charge on any atom is -0.322 e. The lowest BCUT2D eigenvalue weighted by Crippen LogP contribution is -2.14. The van der Waals surface area contributed by atoms with Gasteiger partial charge in [0.05, 0.1) is 4.47 Å². The van der Waals surface area contributed by atoms with E-state index in [2.05, 4.69) is 21.2 Å². The van der Waals surface area contributed by atoms with Gasteiger partial charge in [0.25, 0.3) is 5.91 Å². The van der Waals surface area contributed by atoms with Crippen LogP contribution in [0.15, 0.2) is 34.8 Å². The minimum atomic E-state index is -0.396. The summed E-state index contributed by atoms with van der Waals surface area (Å²) in [4.78, 5) is 12.3. The molecule has 104 valence electrons. The Kier molecular flexibility index (Phi) is 4.23. The Hall–Kier alpha value is -1.68. The molecule has 20 heavy (non-hydrogen) atoms. The van der Waals surface area contributed by atoms with Crippen molar-refractivity contribution in [3.05, 3.63) is 62.9 Å². The summed E-state index contributed by atoms with van der Waals surface area (Å²) in [7, 11) is 0. The fourth-order valence-corrected chi connectivity index (χ4v) is 2.43. The summed E-state index contributed by atoms with van der Waals surface area (Å²) in [5.74, 6) is -0.622. The van der Waals surface area contributed by atoms with Crippen LogP contribution in [0.4, 0.5) is 10.1 Å². The predicted octanol–water partition coefficient (Wildman–Crippen LogP) is 4.77. The summed E-state index contributed by atoms with van der Waals surface area (Å²) >= 11 is 3.12. The molecule has 2 nitrogen and oxygen atoms in total. The standard InChI is InChI=1S/C16H15BrFNO/c1-9-5-4-6-12(11(9)3)16(20)19-15-8-14(18)13(17)7-10(15)2/h4-8H,1-3H3,(H,19,20). The first-order valence-corrected chi connectivity index (χ1v) is 7.02. The SMILES string of the molecule is Cc1cc(Br)c(F)cc1NC(=O)c1cccc(C)c1C. The highest BCUT2D eigenvalue weighted by Gasteiger charge is 2.13. The van der Waals surface area contributed by atoms with Crippen molar-refractivity contribution >= 4 is 27.5 Å². The number of carbonyl (C=O) groups excluding carboxylic acids is 1. The summed E-state index contributed by atoms with van der Waals surface area (Å²) in [6, 6.07) is 8.53. The number of hydrogen-bond acceptors (Lipinski definition) is 1. The van der Waals surface area contributed by atoms with E-state index in [1.807, 2.05) is 32.9 Å². The number of rotatable bonds is 2. The van der Waals surface area contributed by atoms with Crippen LogP contribution in [0.2, 0.25) is 0 Å². The number of aryl methyl sites for hydroxylation is 2. The van der Waals surface area contributed by atoms with Crippen molar-refractivity contribution in [3.63, 3.8) is 0 Å². The fourth-order valence-electron chi connectivity index (χ4n) is 1.97. The molecule has 0 aliphatic heterocycles. The van der Waals surface area contributed by atoms with Crippen LogP contribution in [0.3, 0.4) is 0 Å². The monoisotopic (exact) mass is 335 g/mol. The average molecular weight is 336 g/mol. The maximum atomic E-state index is 13.6. The number of nitrogens with one attached hydrogen (secondary N) is 1. The van der Waals surface area contributed by atoms with Gasteiger partial charge in [-0.25, -0.2) is 4.39 Å². The lowest BCUT2D eigenvalue weighted by Gasteiger charge is -2.12. The van der Waals surface area contributed by atoms with Crippen LogP contribution in [0.25, 0.3) is 0 Å². The molecule has 0 heterocycles. The van der Waals surface area contributed by atoms with Crippen molar-refractivity contribution in [3.8, 4) is 0 Å². The molecule has 1 N–H and O–H groups in total. The highest BCUT2D eigenvalue weighted by Crippen LogP contribution is 2.25. The second-order valence-electron chi connectivity index (χ2n) is 4.78. The molecule has 0 aromatic heterocycles. The molecule has 4 heteroatoms. The molecule has 2 aromatic rings. The van der Waals surface area contributed by atoms with E-state index in [0.29, 0.717) is 15.7 Å². The summed E-state index contributed by atoms with van der Waals surface area (Å²) in [6.45, 7) is 5.68. The average Bonchev–Trinajstić information content (AvgIpc) is 2.39. The van der Waals surface area contributed by atoms with E-state index in [9.17, 15) is 9.18 Å². The Morgan fingerprint density at radius 1 is 1.15 bits per heavy atom. The number of benzene rings is 2. The van der Waals surface area contributed by atoms with E-state index in [0.717, 1.165) is 16.7 Å². The van der Waals surface area contributed by atoms with Crippen LogP contribution in [0, 0.1) is 26.6 Å². The lowest BCUT2D eigenvalue weighted by atomic mass is 10.0. The maximum Gasteiger partial charge on any atom is 0.255 e. The van der Waals surface area contributed by atoms with Crippen LogP contribution >= 0.6 is 15.9 Å². The number of amides is 1. The van der Waals surface area contributed by atoms with E-state index in [1.54, 1.807) is 12.1 Å². The van der Waals surface area contributed by atoms with Gasteiger partial charge in [0.15, 0.2) is 0 Å². The molecule has 0 fully saturated rings. The molecule has 0 saturated carbocycles.